The van der Waals surface area contributed by atoms with Gasteiger partial charge in [-0.2, -0.15) is 0 Å². The van der Waals surface area contributed by atoms with Crippen LogP contribution in [-0.4, -0.2) is 7.05 Å². The lowest BCUT2D eigenvalue weighted by Gasteiger charge is -2.04. The second-order valence-electron chi connectivity index (χ2n) is 2.60. The largest absolute Gasteiger partial charge is 0.316 e. The molecule has 0 amide bonds. The van der Waals surface area contributed by atoms with Crippen molar-refractivity contribution in [3.05, 3.63) is 33.8 Å². The lowest BCUT2D eigenvalue weighted by molar-refractivity contribution is 0.812. The highest BCUT2D eigenvalue weighted by Crippen LogP contribution is 2.15. The van der Waals surface area contributed by atoms with Crippen LogP contribution in [0.15, 0.2) is 22.7 Å². The smallest absolute Gasteiger partial charge is 0.0205 e. The van der Waals surface area contributed by atoms with E-state index in [1.54, 1.807) is 0 Å². The molecule has 1 nitrogen and oxygen atoms in total. The summed E-state index contributed by atoms with van der Waals surface area (Å²) in [6, 6.07) is 6.34. The van der Waals surface area contributed by atoms with Gasteiger partial charge in [-0.1, -0.05) is 22.0 Å². The van der Waals surface area contributed by atoms with E-state index >= 15 is 0 Å². The summed E-state index contributed by atoms with van der Waals surface area (Å²) in [4.78, 5) is 0. The summed E-state index contributed by atoms with van der Waals surface area (Å²) in [6.45, 7) is 3.07. The Hall–Kier alpha value is -0.340. The van der Waals surface area contributed by atoms with Crippen molar-refractivity contribution in [3.63, 3.8) is 0 Å². The monoisotopic (exact) mass is 213 g/mol. The fourth-order valence-electron chi connectivity index (χ4n) is 1.05. The van der Waals surface area contributed by atoms with E-state index in [-0.39, 0.29) is 0 Å². The molecule has 0 aliphatic heterocycles. The van der Waals surface area contributed by atoms with Gasteiger partial charge < -0.3 is 5.32 Å². The molecule has 1 aromatic rings. The molecule has 0 saturated heterocycles. The van der Waals surface area contributed by atoms with Gasteiger partial charge in [0.25, 0.3) is 0 Å². The Balaban J connectivity index is 2.90. The van der Waals surface area contributed by atoms with Gasteiger partial charge in [-0.25, -0.2) is 0 Å². The third-order valence-corrected chi connectivity index (χ3v) is 2.17. The van der Waals surface area contributed by atoms with Crippen molar-refractivity contribution in [2.24, 2.45) is 0 Å². The average Bonchev–Trinajstić information content (AvgIpc) is 1.95. The van der Waals surface area contributed by atoms with E-state index in [2.05, 4.69) is 46.4 Å². The highest BCUT2D eigenvalue weighted by molar-refractivity contribution is 9.10. The number of hydrogen-bond donors (Lipinski definition) is 1. The van der Waals surface area contributed by atoms with Crippen molar-refractivity contribution < 1.29 is 0 Å². The van der Waals surface area contributed by atoms with E-state index in [1.165, 1.54) is 11.1 Å². The Morgan fingerprint density at radius 2 is 2.18 bits per heavy atom. The van der Waals surface area contributed by atoms with Crippen LogP contribution in [0.3, 0.4) is 0 Å². The molecule has 0 aliphatic carbocycles. The van der Waals surface area contributed by atoms with Crippen molar-refractivity contribution in [2.75, 3.05) is 7.05 Å². The van der Waals surface area contributed by atoms with Crippen LogP contribution in [0.25, 0.3) is 0 Å². The summed E-state index contributed by atoms with van der Waals surface area (Å²) < 4.78 is 1.15. The van der Waals surface area contributed by atoms with E-state index in [1.807, 2.05) is 7.05 Å². The van der Waals surface area contributed by atoms with Crippen molar-refractivity contribution in [1.82, 2.24) is 5.32 Å². The third-order valence-electron chi connectivity index (χ3n) is 1.67. The van der Waals surface area contributed by atoms with Gasteiger partial charge in [-0.15, -0.1) is 0 Å². The highest BCUT2D eigenvalue weighted by Gasteiger charge is 1.95. The first-order valence-electron chi connectivity index (χ1n) is 3.63. The molecule has 0 aliphatic rings. The van der Waals surface area contributed by atoms with Gasteiger partial charge in [0.05, 0.1) is 0 Å². The molecular formula is C9H12BrN. The van der Waals surface area contributed by atoms with E-state index in [0.29, 0.717) is 0 Å². The summed E-state index contributed by atoms with van der Waals surface area (Å²) >= 11 is 3.43. The first-order chi connectivity index (χ1) is 5.24. The first kappa shape index (κ1) is 8.75. The number of hydrogen-bond acceptors (Lipinski definition) is 1. The van der Waals surface area contributed by atoms with Crippen molar-refractivity contribution in [1.29, 1.82) is 0 Å². The summed E-state index contributed by atoms with van der Waals surface area (Å²) in [5.74, 6) is 0. The fraction of sp³-hybridized carbons (Fsp3) is 0.333. The summed E-state index contributed by atoms with van der Waals surface area (Å²) in [5.41, 5.74) is 2.68. The molecule has 1 rings (SSSR count). The summed E-state index contributed by atoms with van der Waals surface area (Å²) in [6.07, 6.45) is 0. The van der Waals surface area contributed by atoms with Crippen LogP contribution in [-0.2, 0) is 6.54 Å². The molecule has 0 unspecified atom stereocenters. The maximum atomic E-state index is 3.43. The molecule has 11 heavy (non-hydrogen) atoms. The van der Waals surface area contributed by atoms with Crippen molar-refractivity contribution in [3.8, 4) is 0 Å². The number of halogens is 1. The lowest BCUT2D eigenvalue weighted by Crippen LogP contribution is -2.06. The minimum atomic E-state index is 0.944. The maximum Gasteiger partial charge on any atom is 0.0205 e. The summed E-state index contributed by atoms with van der Waals surface area (Å²) in [7, 11) is 1.96. The van der Waals surface area contributed by atoms with Gasteiger partial charge in [0.15, 0.2) is 0 Å². The van der Waals surface area contributed by atoms with Crippen LogP contribution in [0.1, 0.15) is 11.1 Å². The Morgan fingerprint density at radius 1 is 1.45 bits per heavy atom. The average molecular weight is 214 g/mol. The highest BCUT2D eigenvalue weighted by atomic mass is 79.9. The second-order valence-corrected chi connectivity index (χ2v) is 3.52. The molecule has 0 fully saturated rings. The molecule has 0 atom stereocenters. The van der Waals surface area contributed by atoms with Gasteiger partial charge in [0.2, 0.25) is 0 Å². The van der Waals surface area contributed by atoms with E-state index in [9.17, 15) is 0 Å². The van der Waals surface area contributed by atoms with Crippen LogP contribution in [0.5, 0.6) is 0 Å². The molecule has 0 bridgehead atoms. The van der Waals surface area contributed by atoms with E-state index in [0.717, 1.165) is 11.0 Å². The van der Waals surface area contributed by atoms with Gasteiger partial charge in [0, 0.05) is 11.0 Å². The fourth-order valence-corrected chi connectivity index (χ4v) is 1.52. The molecule has 0 heterocycles. The number of benzene rings is 1. The normalized spacial score (nSPS) is 10.1. The van der Waals surface area contributed by atoms with Crippen molar-refractivity contribution in [2.45, 2.75) is 13.5 Å². The second kappa shape index (κ2) is 3.88. The van der Waals surface area contributed by atoms with Gasteiger partial charge >= 0.3 is 0 Å². The minimum Gasteiger partial charge on any atom is -0.316 e. The zero-order valence-corrected chi connectivity index (χ0v) is 8.40. The quantitative estimate of drug-likeness (QED) is 0.797. The Kier molecular flexibility index (Phi) is 3.09. The first-order valence-corrected chi connectivity index (χ1v) is 4.43. The summed E-state index contributed by atoms with van der Waals surface area (Å²) in [5, 5.41) is 3.13. The van der Waals surface area contributed by atoms with Gasteiger partial charge in [-0.3, -0.25) is 0 Å². The molecule has 60 valence electrons. The van der Waals surface area contributed by atoms with E-state index in [4.69, 9.17) is 0 Å². The molecule has 0 spiro atoms. The zero-order valence-electron chi connectivity index (χ0n) is 6.82. The number of aryl methyl sites for hydroxylation is 1. The minimum absolute atomic E-state index is 0.944. The number of rotatable bonds is 2. The topological polar surface area (TPSA) is 12.0 Å². The standard InChI is InChI=1S/C9H12BrN/c1-7-5-9(10)4-3-8(7)6-11-2/h3-5,11H,6H2,1-2H3. The Bertz CT molecular complexity index is 245. The molecule has 0 saturated carbocycles. The Morgan fingerprint density at radius 3 is 2.73 bits per heavy atom. The van der Waals surface area contributed by atoms with E-state index < -0.39 is 0 Å². The van der Waals surface area contributed by atoms with Crippen LogP contribution in [0.4, 0.5) is 0 Å². The lowest BCUT2D eigenvalue weighted by atomic mass is 10.1. The molecule has 0 aromatic heterocycles. The zero-order chi connectivity index (χ0) is 8.27. The molecule has 1 N–H and O–H groups in total. The SMILES string of the molecule is CNCc1ccc(Br)cc1C. The van der Waals surface area contributed by atoms with Gasteiger partial charge in [0.1, 0.15) is 0 Å². The molecular weight excluding hydrogens is 202 g/mol. The van der Waals surface area contributed by atoms with Crippen molar-refractivity contribution >= 4 is 15.9 Å². The molecule has 0 radical (unpaired) electrons. The van der Waals surface area contributed by atoms with Crippen LogP contribution in [0, 0.1) is 6.92 Å². The molecule has 1 aromatic carbocycles. The third kappa shape index (κ3) is 2.31. The van der Waals surface area contributed by atoms with Crippen LogP contribution < -0.4 is 5.32 Å². The predicted molar refractivity (Wildman–Crippen MR) is 51.6 cm³/mol. The maximum absolute atomic E-state index is 3.43. The molecule has 2 heteroatoms. The van der Waals surface area contributed by atoms with Crippen LogP contribution >= 0.6 is 15.9 Å². The van der Waals surface area contributed by atoms with Crippen LogP contribution in [0.2, 0.25) is 0 Å². The van der Waals surface area contributed by atoms with Gasteiger partial charge in [-0.05, 0) is 37.2 Å². The Labute approximate surface area is 75.9 Å². The number of nitrogens with one attached hydrogen (secondary N) is 1. The predicted octanol–water partition coefficient (Wildman–Crippen LogP) is 2.48.